The number of methoxy groups -OCH3 is 1. The van der Waals surface area contributed by atoms with E-state index < -0.39 is 12.1 Å². The van der Waals surface area contributed by atoms with Gasteiger partial charge in [-0.3, -0.25) is 19.3 Å². The minimum Gasteiger partial charge on any atom is -0.497 e. The maximum Gasteiger partial charge on any atom is 0.326 e. The van der Waals surface area contributed by atoms with Gasteiger partial charge in [0.1, 0.15) is 18.0 Å². The zero-order valence-corrected chi connectivity index (χ0v) is 15.7. The van der Waals surface area contributed by atoms with Gasteiger partial charge >= 0.3 is 5.97 Å². The average molecular weight is 383 g/mol. The van der Waals surface area contributed by atoms with Gasteiger partial charge in [-0.15, -0.1) is 0 Å². The first kappa shape index (κ1) is 19.4. The van der Waals surface area contributed by atoms with Crippen LogP contribution in [0.15, 0.2) is 48.5 Å². The van der Waals surface area contributed by atoms with Gasteiger partial charge in [0.2, 0.25) is 11.7 Å². The maximum absolute atomic E-state index is 12.5. The Kier molecular flexibility index (Phi) is 5.93. The van der Waals surface area contributed by atoms with E-state index in [4.69, 9.17) is 14.2 Å². The molecule has 0 bridgehead atoms. The van der Waals surface area contributed by atoms with Crippen LogP contribution in [0.2, 0.25) is 0 Å². The fourth-order valence-electron chi connectivity index (χ4n) is 2.90. The van der Waals surface area contributed by atoms with Crippen LogP contribution in [0.25, 0.3) is 0 Å². The molecular formula is C21H21NO6. The average Bonchev–Trinajstić information content (AvgIpc) is 2.86. The first-order valence-corrected chi connectivity index (χ1v) is 8.89. The Balaban J connectivity index is 1.67. The van der Waals surface area contributed by atoms with Crippen LogP contribution in [0, 0.1) is 0 Å². The molecule has 0 spiro atoms. The fraction of sp³-hybridized carbons (Fsp3) is 0.286. The Bertz CT molecular complexity index is 877. The third-order valence-electron chi connectivity index (χ3n) is 4.37. The summed E-state index contributed by atoms with van der Waals surface area (Å²) in [4.78, 5) is 38.6. The monoisotopic (exact) mass is 383 g/mol. The van der Waals surface area contributed by atoms with Crippen LogP contribution in [0.5, 0.6) is 11.5 Å². The van der Waals surface area contributed by atoms with E-state index in [0.29, 0.717) is 22.7 Å². The highest BCUT2D eigenvalue weighted by Crippen LogP contribution is 2.30. The number of ether oxygens (including phenoxy) is 3. The third-order valence-corrected chi connectivity index (χ3v) is 4.37. The van der Waals surface area contributed by atoms with Crippen LogP contribution in [-0.4, -0.2) is 44.0 Å². The number of hydrogen-bond donors (Lipinski definition) is 0. The number of carbonyl (C=O) groups is 3. The Morgan fingerprint density at radius 2 is 1.86 bits per heavy atom. The third kappa shape index (κ3) is 4.31. The van der Waals surface area contributed by atoms with Crippen molar-refractivity contribution in [3.8, 4) is 11.5 Å². The van der Waals surface area contributed by atoms with Crippen molar-refractivity contribution >= 4 is 23.3 Å². The van der Waals surface area contributed by atoms with Crippen molar-refractivity contribution in [2.75, 3.05) is 25.2 Å². The summed E-state index contributed by atoms with van der Waals surface area (Å²) in [6.07, 6.45) is -0.822. The number of anilines is 1. The minimum atomic E-state index is -0.977. The first-order valence-electron chi connectivity index (χ1n) is 8.89. The largest absolute Gasteiger partial charge is 0.497 e. The van der Waals surface area contributed by atoms with Crippen LogP contribution < -0.4 is 14.4 Å². The molecule has 1 atom stereocenters. The van der Waals surface area contributed by atoms with Gasteiger partial charge < -0.3 is 14.2 Å². The topological polar surface area (TPSA) is 82.1 Å². The van der Waals surface area contributed by atoms with Crippen molar-refractivity contribution in [2.24, 2.45) is 0 Å². The van der Waals surface area contributed by atoms with Crippen molar-refractivity contribution in [1.82, 2.24) is 0 Å². The van der Waals surface area contributed by atoms with Gasteiger partial charge in [0, 0.05) is 5.56 Å². The number of para-hydroxylation sites is 2. The summed E-state index contributed by atoms with van der Waals surface area (Å²) in [5.74, 6) is -0.0809. The number of benzene rings is 2. The smallest absolute Gasteiger partial charge is 0.326 e. The van der Waals surface area contributed by atoms with Gasteiger partial charge in [0.15, 0.2) is 6.10 Å². The van der Waals surface area contributed by atoms with Crippen molar-refractivity contribution in [2.45, 2.75) is 19.4 Å². The van der Waals surface area contributed by atoms with Crippen LogP contribution in [0.3, 0.4) is 0 Å². The number of nitrogens with zero attached hydrogens (tertiary/aromatic N) is 1. The first-order chi connectivity index (χ1) is 13.5. The van der Waals surface area contributed by atoms with Crippen LogP contribution in [0.4, 0.5) is 5.69 Å². The van der Waals surface area contributed by atoms with Gasteiger partial charge in [-0.2, -0.15) is 0 Å². The van der Waals surface area contributed by atoms with E-state index in [9.17, 15) is 14.4 Å². The highest BCUT2D eigenvalue weighted by Gasteiger charge is 2.27. The molecule has 0 N–H and O–H groups in total. The summed E-state index contributed by atoms with van der Waals surface area (Å²) in [5, 5.41) is 0. The molecule has 146 valence electrons. The van der Waals surface area contributed by atoms with E-state index in [2.05, 4.69) is 0 Å². The summed E-state index contributed by atoms with van der Waals surface area (Å²) in [6, 6.07) is 13.5. The van der Waals surface area contributed by atoms with Gasteiger partial charge in [0.05, 0.1) is 25.8 Å². The molecule has 0 aliphatic carbocycles. The molecule has 0 aromatic heterocycles. The normalized spacial score (nSPS) is 14.4. The summed E-state index contributed by atoms with van der Waals surface area (Å²) in [6.45, 7) is 1.46. The van der Waals surface area contributed by atoms with Gasteiger partial charge in [-0.05, 0) is 43.3 Å². The van der Waals surface area contributed by atoms with E-state index >= 15 is 0 Å². The predicted molar refractivity (Wildman–Crippen MR) is 102 cm³/mol. The SMILES string of the molecule is COc1ccc(C(=O)[C@H](C)OC(=O)CN2C(=O)CCOc3ccccc32)cc1. The van der Waals surface area contributed by atoms with Crippen molar-refractivity contribution in [1.29, 1.82) is 0 Å². The molecular weight excluding hydrogens is 362 g/mol. The lowest BCUT2D eigenvalue weighted by Crippen LogP contribution is -2.38. The number of rotatable bonds is 6. The number of esters is 1. The summed E-state index contributed by atoms with van der Waals surface area (Å²) >= 11 is 0. The highest BCUT2D eigenvalue weighted by atomic mass is 16.5. The number of amides is 1. The molecule has 1 amide bonds. The lowest BCUT2D eigenvalue weighted by Gasteiger charge is -2.22. The molecule has 7 heteroatoms. The maximum atomic E-state index is 12.5. The van der Waals surface area contributed by atoms with Crippen molar-refractivity contribution in [3.05, 3.63) is 54.1 Å². The molecule has 1 heterocycles. The number of hydrogen-bond acceptors (Lipinski definition) is 6. The second-order valence-corrected chi connectivity index (χ2v) is 6.27. The molecule has 0 saturated carbocycles. The number of fused-ring (bicyclic) bond motifs is 1. The zero-order chi connectivity index (χ0) is 20.1. The molecule has 1 aliphatic heterocycles. The van der Waals surface area contributed by atoms with E-state index in [1.54, 1.807) is 48.5 Å². The van der Waals surface area contributed by atoms with Gasteiger partial charge in [0.25, 0.3) is 0 Å². The molecule has 28 heavy (non-hydrogen) atoms. The Morgan fingerprint density at radius 1 is 1.14 bits per heavy atom. The Morgan fingerprint density at radius 3 is 2.57 bits per heavy atom. The molecule has 1 aliphatic rings. The second kappa shape index (κ2) is 8.56. The lowest BCUT2D eigenvalue weighted by molar-refractivity contribution is -0.145. The Hall–Kier alpha value is -3.35. The van der Waals surface area contributed by atoms with Crippen LogP contribution >= 0.6 is 0 Å². The van der Waals surface area contributed by atoms with Crippen LogP contribution in [-0.2, 0) is 14.3 Å². The summed E-state index contributed by atoms with van der Waals surface area (Å²) < 4.78 is 15.9. The molecule has 2 aromatic carbocycles. The lowest BCUT2D eigenvalue weighted by atomic mass is 10.1. The standard InChI is InChI=1S/C21H21NO6/c1-14(21(25)15-7-9-16(26-2)10-8-15)28-20(24)13-22-17-5-3-4-6-18(17)27-12-11-19(22)23/h3-10,14H,11-13H2,1-2H3/t14-/m0/s1. The summed E-state index contributed by atoms with van der Waals surface area (Å²) in [7, 11) is 1.54. The van der Waals surface area contributed by atoms with Crippen LogP contribution in [0.1, 0.15) is 23.7 Å². The molecule has 0 unspecified atom stereocenters. The Labute approximate surface area is 162 Å². The molecule has 0 saturated heterocycles. The molecule has 0 radical (unpaired) electrons. The fourth-order valence-corrected chi connectivity index (χ4v) is 2.90. The number of ketones is 1. The van der Waals surface area contributed by atoms with E-state index in [-0.39, 0.29) is 31.3 Å². The predicted octanol–water partition coefficient (Wildman–Crippen LogP) is 2.63. The van der Waals surface area contributed by atoms with Crippen molar-refractivity contribution < 1.29 is 28.6 Å². The highest BCUT2D eigenvalue weighted by molar-refractivity contribution is 6.02. The molecule has 0 fully saturated rings. The summed E-state index contributed by atoms with van der Waals surface area (Å²) in [5.41, 5.74) is 0.918. The number of Topliss-reactive ketones (excluding diaryl/α,β-unsaturated/α-hetero) is 1. The van der Waals surface area contributed by atoms with E-state index in [0.717, 1.165) is 0 Å². The second-order valence-electron chi connectivity index (χ2n) is 6.27. The van der Waals surface area contributed by atoms with Gasteiger partial charge in [-0.1, -0.05) is 12.1 Å². The van der Waals surface area contributed by atoms with Crippen molar-refractivity contribution in [3.63, 3.8) is 0 Å². The van der Waals surface area contributed by atoms with Gasteiger partial charge in [-0.25, -0.2) is 0 Å². The number of carbonyl (C=O) groups excluding carboxylic acids is 3. The quantitative estimate of drug-likeness (QED) is 0.563. The minimum absolute atomic E-state index is 0.155. The van der Waals surface area contributed by atoms with E-state index in [1.807, 2.05) is 0 Å². The molecule has 3 rings (SSSR count). The van der Waals surface area contributed by atoms with E-state index in [1.165, 1.54) is 18.9 Å². The molecule has 7 nitrogen and oxygen atoms in total. The molecule has 2 aromatic rings. The zero-order valence-electron chi connectivity index (χ0n) is 15.7.